The number of carbonyl (C=O) groups is 2. The summed E-state index contributed by atoms with van der Waals surface area (Å²) in [6, 6.07) is 7.71. The van der Waals surface area contributed by atoms with Crippen LogP contribution in [0, 0.1) is 5.92 Å². The van der Waals surface area contributed by atoms with Crippen molar-refractivity contribution in [3.05, 3.63) is 35.3 Å². The highest BCUT2D eigenvalue weighted by Gasteiger charge is 2.15. The van der Waals surface area contributed by atoms with Crippen LogP contribution in [0.1, 0.15) is 26.5 Å². The van der Waals surface area contributed by atoms with Crippen LogP contribution in [-0.2, 0) is 27.8 Å². The Bertz CT molecular complexity index is 1080. The Balaban J connectivity index is 1.53. The Kier molecular flexibility index (Phi) is 8.84. The molecule has 0 radical (unpaired) electrons. The Labute approximate surface area is 200 Å². The maximum atomic E-state index is 12.3. The van der Waals surface area contributed by atoms with E-state index in [0.29, 0.717) is 40.9 Å². The summed E-state index contributed by atoms with van der Waals surface area (Å²) in [7, 11) is 1.86. The van der Waals surface area contributed by atoms with Gasteiger partial charge in [0, 0.05) is 18.0 Å². The van der Waals surface area contributed by atoms with Crippen LogP contribution in [0.5, 0.6) is 5.75 Å². The number of hydrogen-bond acceptors (Lipinski definition) is 9. The van der Waals surface area contributed by atoms with Gasteiger partial charge in [-0.25, -0.2) is 4.98 Å². The number of anilines is 1. The van der Waals surface area contributed by atoms with Gasteiger partial charge in [0.25, 0.3) is 0 Å². The lowest BCUT2D eigenvalue weighted by Crippen LogP contribution is -2.14. The number of carbonyl (C=O) groups excluding carboxylic acids is 2. The fraction of sp³-hybridized carbons (Fsp3) is 0.409. The van der Waals surface area contributed by atoms with Gasteiger partial charge in [0.05, 0.1) is 31.1 Å². The topological polar surface area (TPSA) is 108 Å². The molecule has 1 aromatic carbocycles. The van der Waals surface area contributed by atoms with E-state index in [1.165, 1.54) is 23.1 Å². The van der Waals surface area contributed by atoms with Crippen molar-refractivity contribution in [1.29, 1.82) is 0 Å². The molecule has 3 aromatic rings. The third-order valence-electron chi connectivity index (χ3n) is 4.29. The lowest BCUT2D eigenvalue weighted by molar-refractivity contribution is -0.142. The summed E-state index contributed by atoms with van der Waals surface area (Å²) in [6.07, 6.45) is 0.0848. The van der Waals surface area contributed by atoms with Crippen LogP contribution in [-0.4, -0.2) is 50.6 Å². The fourth-order valence-electron chi connectivity index (χ4n) is 2.75. The maximum Gasteiger partial charge on any atom is 0.311 e. The zero-order valence-electron chi connectivity index (χ0n) is 19.0. The van der Waals surface area contributed by atoms with Crippen molar-refractivity contribution in [2.75, 3.05) is 24.3 Å². The number of nitrogens with one attached hydrogen (secondary N) is 1. The molecule has 0 atom stereocenters. The van der Waals surface area contributed by atoms with Crippen molar-refractivity contribution in [2.45, 2.75) is 32.3 Å². The van der Waals surface area contributed by atoms with Crippen molar-refractivity contribution < 1.29 is 19.1 Å². The summed E-state index contributed by atoms with van der Waals surface area (Å²) in [5.41, 5.74) is 1.48. The fourth-order valence-corrected chi connectivity index (χ4v) is 4.18. The predicted octanol–water partition coefficient (Wildman–Crippen LogP) is 3.81. The van der Waals surface area contributed by atoms with E-state index >= 15 is 0 Å². The summed E-state index contributed by atoms with van der Waals surface area (Å²) < 4.78 is 12.5. The molecule has 2 aromatic heterocycles. The van der Waals surface area contributed by atoms with Gasteiger partial charge in [0.1, 0.15) is 5.75 Å². The first-order valence-electron chi connectivity index (χ1n) is 10.5. The van der Waals surface area contributed by atoms with Crippen molar-refractivity contribution in [2.24, 2.45) is 13.0 Å². The van der Waals surface area contributed by atoms with Crippen molar-refractivity contribution in [3.63, 3.8) is 0 Å². The van der Waals surface area contributed by atoms with Crippen LogP contribution in [0.15, 0.2) is 34.8 Å². The van der Waals surface area contributed by atoms with E-state index in [-0.39, 0.29) is 24.1 Å². The first-order valence-corrected chi connectivity index (χ1v) is 12.4. The summed E-state index contributed by atoms with van der Waals surface area (Å²) in [5.74, 6) is 1.58. The molecule has 0 spiro atoms. The number of amides is 1. The van der Waals surface area contributed by atoms with E-state index in [4.69, 9.17) is 9.47 Å². The Morgan fingerprint density at radius 1 is 1.21 bits per heavy atom. The van der Waals surface area contributed by atoms with Crippen molar-refractivity contribution in [1.82, 2.24) is 19.7 Å². The predicted molar refractivity (Wildman–Crippen MR) is 129 cm³/mol. The smallest absolute Gasteiger partial charge is 0.311 e. The largest absolute Gasteiger partial charge is 0.493 e. The molecule has 33 heavy (non-hydrogen) atoms. The summed E-state index contributed by atoms with van der Waals surface area (Å²) >= 11 is 2.55. The van der Waals surface area contributed by atoms with Crippen LogP contribution in [0.25, 0.3) is 11.4 Å². The van der Waals surface area contributed by atoms with E-state index in [9.17, 15) is 9.59 Å². The molecule has 2 heterocycles. The molecule has 1 amide bonds. The number of thioether (sulfide) groups is 1. The molecule has 0 aliphatic heterocycles. The molecule has 0 fully saturated rings. The van der Waals surface area contributed by atoms with E-state index in [1.807, 2.05) is 35.9 Å². The average Bonchev–Trinajstić information content (AvgIpc) is 3.37. The minimum absolute atomic E-state index is 0.0848. The Morgan fingerprint density at radius 3 is 2.67 bits per heavy atom. The van der Waals surface area contributed by atoms with Gasteiger partial charge in [-0.3, -0.25) is 9.59 Å². The van der Waals surface area contributed by atoms with E-state index in [0.717, 1.165) is 11.3 Å². The normalized spacial score (nSPS) is 10.9. The minimum atomic E-state index is -0.341. The van der Waals surface area contributed by atoms with E-state index in [2.05, 4.69) is 34.3 Å². The molecule has 0 saturated carbocycles. The molecule has 9 nitrogen and oxygen atoms in total. The zero-order valence-corrected chi connectivity index (χ0v) is 20.7. The maximum absolute atomic E-state index is 12.3. The number of rotatable bonds is 11. The van der Waals surface area contributed by atoms with E-state index in [1.54, 1.807) is 12.3 Å². The Hall–Kier alpha value is -2.92. The second kappa shape index (κ2) is 11.8. The molecule has 3 rings (SSSR count). The second-order valence-electron chi connectivity index (χ2n) is 7.56. The monoisotopic (exact) mass is 489 g/mol. The molecular formula is C22H27N5O4S2. The second-order valence-corrected chi connectivity index (χ2v) is 9.36. The van der Waals surface area contributed by atoms with Gasteiger partial charge in [0.15, 0.2) is 16.1 Å². The van der Waals surface area contributed by atoms with Crippen LogP contribution >= 0.6 is 23.1 Å². The third-order valence-corrected chi connectivity index (χ3v) is 6.12. The summed E-state index contributed by atoms with van der Waals surface area (Å²) in [6.45, 7) is 6.95. The highest BCUT2D eigenvalue weighted by atomic mass is 32.2. The standard InChI is InChI=1S/C22H27N5O4S2/c1-5-30-19(29)10-16-12-32-21(23-16)24-18(28)13-33-22-26-25-20(27(22)4)15-6-8-17(9-7-15)31-11-14(2)3/h6-9,12,14H,5,10-11,13H2,1-4H3,(H,23,24,28). The number of ether oxygens (including phenoxy) is 2. The van der Waals surface area contributed by atoms with Gasteiger partial charge in [-0.15, -0.1) is 21.5 Å². The highest BCUT2D eigenvalue weighted by Crippen LogP contribution is 2.25. The highest BCUT2D eigenvalue weighted by molar-refractivity contribution is 7.99. The van der Waals surface area contributed by atoms with Gasteiger partial charge in [-0.2, -0.15) is 0 Å². The van der Waals surface area contributed by atoms with Crippen LogP contribution in [0.3, 0.4) is 0 Å². The first-order chi connectivity index (χ1) is 15.9. The molecule has 0 aliphatic rings. The lowest BCUT2D eigenvalue weighted by atomic mass is 10.2. The van der Waals surface area contributed by atoms with Gasteiger partial charge >= 0.3 is 5.97 Å². The van der Waals surface area contributed by atoms with Gasteiger partial charge in [0.2, 0.25) is 5.91 Å². The quantitative estimate of drug-likeness (QED) is 0.320. The molecule has 1 N–H and O–H groups in total. The number of thiazole rings is 1. The molecule has 0 unspecified atom stereocenters. The molecule has 0 aliphatic carbocycles. The molecule has 176 valence electrons. The van der Waals surface area contributed by atoms with Gasteiger partial charge < -0.3 is 19.4 Å². The molecule has 0 saturated heterocycles. The molecular weight excluding hydrogens is 462 g/mol. The van der Waals surface area contributed by atoms with Crippen molar-refractivity contribution >= 4 is 40.1 Å². The van der Waals surface area contributed by atoms with Gasteiger partial charge in [-0.05, 0) is 37.1 Å². The lowest BCUT2D eigenvalue weighted by Gasteiger charge is -2.09. The van der Waals surface area contributed by atoms with Crippen LogP contribution < -0.4 is 10.1 Å². The first kappa shape index (κ1) is 24.7. The molecule has 11 heteroatoms. The van der Waals surface area contributed by atoms with Gasteiger partial charge in [-0.1, -0.05) is 25.6 Å². The summed E-state index contributed by atoms with van der Waals surface area (Å²) in [4.78, 5) is 28.1. The minimum Gasteiger partial charge on any atom is -0.493 e. The molecule has 0 bridgehead atoms. The van der Waals surface area contributed by atoms with Crippen LogP contribution in [0.2, 0.25) is 0 Å². The number of esters is 1. The zero-order chi connectivity index (χ0) is 23.8. The Morgan fingerprint density at radius 2 is 1.97 bits per heavy atom. The van der Waals surface area contributed by atoms with Crippen molar-refractivity contribution in [3.8, 4) is 17.1 Å². The summed E-state index contributed by atoms with van der Waals surface area (Å²) in [5, 5.41) is 14.0. The average molecular weight is 490 g/mol. The number of benzene rings is 1. The number of aromatic nitrogens is 4. The number of hydrogen-bond donors (Lipinski definition) is 1. The SMILES string of the molecule is CCOC(=O)Cc1csc(NC(=O)CSc2nnc(-c3ccc(OCC(C)C)cc3)n2C)n1. The van der Waals surface area contributed by atoms with Crippen LogP contribution in [0.4, 0.5) is 5.13 Å². The van der Waals surface area contributed by atoms with E-state index < -0.39 is 0 Å². The number of nitrogens with zero attached hydrogens (tertiary/aromatic N) is 4. The third kappa shape index (κ3) is 7.29.